The van der Waals surface area contributed by atoms with Crippen molar-refractivity contribution in [2.24, 2.45) is 0 Å². The molecule has 1 N–H and O–H groups in total. The number of alkyl halides is 3. The zero-order valence-corrected chi connectivity index (χ0v) is 10.2. The summed E-state index contributed by atoms with van der Waals surface area (Å²) >= 11 is 1.62. The van der Waals surface area contributed by atoms with Gasteiger partial charge in [-0.2, -0.15) is 0 Å². The first kappa shape index (κ1) is 13.3. The number of halogens is 4. The van der Waals surface area contributed by atoms with Crippen LogP contribution in [0.4, 0.5) is 13.2 Å². The normalized spacial score (nSPS) is 11.4. The van der Waals surface area contributed by atoms with E-state index in [1.54, 1.807) is 22.6 Å². The molecular formula is C8H7F3INO3. The molecule has 0 atom stereocenters. The van der Waals surface area contributed by atoms with Crippen LogP contribution in [-0.2, 0) is 6.61 Å². The Labute approximate surface area is 103 Å². The monoisotopic (exact) mass is 349 g/mol. The summed E-state index contributed by atoms with van der Waals surface area (Å²) in [7, 11) is 1.31. The van der Waals surface area contributed by atoms with Crippen molar-refractivity contribution in [3.8, 4) is 11.6 Å². The van der Waals surface area contributed by atoms with Gasteiger partial charge in [-0.3, -0.25) is 0 Å². The zero-order chi connectivity index (χ0) is 12.3. The molecule has 0 aliphatic carbocycles. The molecule has 0 fully saturated rings. The molecule has 1 heterocycles. The Morgan fingerprint density at radius 3 is 2.56 bits per heavy atom. The maximum Gasteiger partial charge on any atom is 0.573 e. The van der Waals surface area contributed by atoms with E-state index in [9.17, 15) is 13.2 Å². The Balaban J connectivity index is 3.14. The quantitative estimate of drug-likeness (QED) is 0.850. The second-order valence-corrected chi connectivity index (χ2v) is 3.71. The van der Waals surface area contributed by atoms with Crippen molar-refractivity contribution in [1.29, 1.82) is 0 Å². The van der Waals surface area contributed by atoms with Gasteiger partial charge in [0, 0.05) is 0 Å². The van der Waals surface area contributed by atoms with Gasteiger partial charge in [0.25, 0.3) is 0 Å². The van der Waals surface area contributed by atoms with Gasteiger partial charge in [-0.1, -0.05) is 0 Å². The third-order valence-corrected chi connectivity index (χ3v) is 2.80. The first-order valence-corrected chi connectivity index (χ1v) is 5.05. The molecule has 1 aromatic rings. The average molecular weight is 349 g/mol. The molecule has 1 aromatic heterocycles. The lowest BCUT2D eigenvalue weighted by molar-refractivity contribution is -0.275. The van der Waals surface area contributed by atoms with E-state index >= 15 is 0 Å². The zero-order valence-electron chi connectivity index (χ0n) is 8.01. The SMILES string of the molecule is COc1ncc(OC(F)(F)F)c(I)c1CO. The van der Waals surface area contributed by atoms with E-state index in [2.05, 4.69) is 9.72 Å². The van der Waals surface area contributed by atoms with Gasteiger partial charge in [0.1, 0.15) is 0 Å². The third kappa shape index (κ3) is 3.11. The van der Waals surface area contributed by atoms with Gasteiger partial charge < -0.3 is 14.6 Å². The first-order valence-electron chi connectivity index (χ1n) is 3.97. The molecule has 8 heteroatoms. The van der Waals surface area contributed by atoms with Crippen molar-refractivity contribution in [2.45, 2.75) is 13.0 Å². The molecule has 0 amide bonds. The Morgan fingerprint density at radius 2 is 2.12 bits per heavy atom. The largest absolute Gasteiger partial charge is 0.573 e. The van der Waals surface area contributed by atoms with Gasteiger partial charge in [-0.25, -0.2) is 4.98 Å². The molecule has 0 radical (unpaired) electrons. The van der Waals surface area contributed by atoms with Gasteiger partial charge in [-0.05, 0) is 22.6 Å². The number of rotatable bonds is 3. The number of aromatic nitrogens is 1. The summed E-state index contributed by atoms with van der Waals surface area (Å²) in [5.74, 6) is -0.389. The summed E-state index contributed by atoms with van der Waals surface area (Å²) in [6.45, 7) is -0.483. The molecule has 4 nitrogen and oxygen atoms in total. The summed E-state index contributed by atoms with van der Waals surface area (Å²) in [6, 6.07) is 0. The summed E-state index contributed by atoms with van der Waals surface area (Å²) in [5.41, 5.74) is 0.157. The minimum absolute atomic E-state index is 0.0708. The summed E-state index contributed by atoms with van der Waals surface area (Å²) in [4.78, 5) is 3.60. The van der Waals surface area contributed by atoms with Crippen molar-refractivity contribution in [3.05, 3.63) is 15.3 Å². The number of pyridine rings is 1. The Kier molecular flexibility index (Phi) is 4.19. The van der Waals surface area contributed by atoms with E-state index in [0.717, 1.165) is 6.20 Å². The number of aliphatic hydroxyl groups is 1. The molecule has 16 heavy (non-hydrogen) atoms. The van der Waals surface area contributed by atoms with Crippen molar-refractivity contribution < 1.29 is 27.8 Å². The van der Waals surface area contributed by atoms with E-state index in [0.29, 0.717) is 0 Å². The van der Waals surface area contributed by atoms with Crippen LogP contribution >= 0.6 is 22.6 Å². The minimum atomic E-state index is -4.79. The number of nitrogens with zero attached hydrogens (tertiary/aromatic N) is 1. The minimum Gasteiger partial charge on any atom is -0.481 e. The molecule has 1 rings (SSSR count). The lowest BCUT2D eigenvalue weighted by Gasteiger charge is -2.13. The Morgan fingerprint density at radius 1 is 1.50 bits per heavy atom. The van der Waals surface area contributed by atoms with Gasteiger partial charge >= 0.3 is 6.36 Å². The fourth-order valence-electron chi connectivity index (χ4n) is 1.00. The van der Waals surface area contributed by atoms with E-state index in [4.69, 9.17) is 9.84 Å². The summed E-state index contributed by atoms with van der Waals surface area (Å²) in [5, 5.41) is 8.99. The van der Waals surface area contributed by atoms with Crippen LogP contribution in [0.1, 0.15) is 5.56 Å². The van der Waals surface area contributed by atoms with E-state index in [-0.39, 0.29) is 15.0 Å². The molecule has 0 saturated heterocycles. The van der Waals surface area contributed by atoms with Crippen molar-refractivity contribution >= 4 is 22.6 Å². The number of ether oxygens (including phenoxy) is 2. The standard InChI is InChI=1S/C8H7F3INO3/c1-15-7-4(3-14)6(12)5(2-13-7)16-8(9,10)11/h2,14H,3H2,1H3. The van der Waals surface area contributed by atoms with Crippen LogP contribution in [0.5, 0.6) is 11.6 Å². The highest BCUT2D eigenvalue weighted by Crippen LogP contribution is 2.32. The fourth-order valence-corrected chi connectivity index (χ4v) is 1.65. The molecule has 0 spiro atoms. The molecule has 0 aromatic carbocycles. The van der Waals surface area contributed by atoms with Crippen LogP contribution in [-0.4, -0.2) is 23.6 Å². The molecular weight excluding hydrogens is 342 g/mol. The van der Waals surface area contributed by atoms with Crippen LogP contribution in [0.3, 0.4) is 0 Å². The van der Waals surface area contributed by atoms with E-state index in [1.807, 2.05) is 0 Å². The number of methoxy groups -OCH3 is 1. The van der Waals surface area contributed by atoms with E-state index < -0.39 is 18.7 Å². The lowest BCUT2D eigenvalue weighted by atomic mass is 10.3. The van der Waals surface area contributed by atoms with Crippen molar-refractivity contribution in [2.75, 3.05) is 7.11 Å². The predicted molar refractivity (Wildman–Crippen MR) is 56.1 cm³/mol. The Bertz CT molecular complexity index is 384. The average Bonchev–Trinajstić information content (AvgIpc) is 2.19. The second kappa shape index (κ2) is 5.04. The topological polar surface area (TPSA) is 51.6 Å². The number of hydrogen-bond acceptors (Lipinski definition) is 4. The van der Waals surface area contributed by atoms with Gasteiger partial charge in [0.15, 0.2) is 5.75 Å². The van der Waals surface area contributed by atoms with Crippen LogP contribution < -0.4 is 9.47 Å². The molecule has 0 aliphatic heterocycles. The summed E-state index contributed by atoms with van der Waals surface area (Å²) in [6.07, 6.45) is -3.89. The highest BCUT2D eigenvalue weighted by atomic mass is 127. The highest BCUT2D eigenvalue weighted by Gasteiger charge is 2.33. The first-order chi connectivity index (χ1) is 7.39. The van der Waals surface area contributed by atoms with Gasteiger partial charge in [0.2, 0.25) is 5.88 Å². The summed E-state index contributed by atoms with van der Waals surface area (Å²) < 4.78 is 44.6. The van der Waals surface area contributed by atoms with Crippen LogP contribution in [0.15, 0.2) is 6.20 Å². The molecule has 0 aliphatic rings. The second-order valence-electron chi connectivity index (χ2n) is 2.63. The molecule has 0 unspecified atom stereocenters. The van der Waals surface area contributed by atoms with Gasteiger partial charge in [-0.15, -0.1) is 13.2 Å². The predicted octanol–water partition coefficient (Wildman–Crippen LogP) is 2.09. The maximum atomic E-state index is 12.0. The smallest absolute Gasteiger partial charge is 0.481 e. The maximum absolute atomic E-state index is 12.0. The van der Waals surface area contributed by atoms with Crippen molar-refractivity contribution in [3.63, 3.8) is 0 Å². The van der Waals surface area contributed by atoms with Crippen LogP contribution in [0, 0.1) is 3.57 Å². The third-order valence-electron chi connectivity index (χ3n) is 1.62. The van der Waals surface area contributed by atoms with Crippen LogP contribution in [0.2, 0.25) is 0 Å². The van der Waals surface area contributed by atoms with Gasteiger partial charge in [0.05, 0.1) is 29.0 Å². The fraction of sp³-hybridized carbons (Fsp3) is 0.375. The number of aliphatic hydroxyl groups excluding tert-OH is 1. The van der Waals surface area contributed by atoms with Crippen LogP contribution in [0.25, 0.3) is 0 Å². The Hall–Kier alpha value is -0.770. The highest BCUT2D eigenvalue weighted by molar-refractivity contribution is 14.1. The van der Waals surface area contributed by atoms with E-state index in [1.165, 1.54) is 7.11 Å². The van der Waals surface area contributed by atoms with Crippen molar-refractivity contribution in [1.82, 2.24) is 4.98 Å². The number of hydrogen-bond donors (Lipinski definition) is 1. The molecule has 90 valence electrons. The lowest BCUT2D eigenvalue weighted by Crippen LogP contribution is -2.18. The molecule has 0 saturated carbocycles. The molecule has 0 bridgehead atoms.